The van der Waals surface area contributed by atoms with Gasteiger partial charge >= 0.3 is 18.0 Å². The van der Waals surface area contributed by atoms with E-state index < -0.39 is 18.6 Å². The second kappa shape index (κ2) is 11.2. The molecule has 3 amide bonds. The maximum Gasteiger partial charge on any atom is 0.340 e. The molecule has 0 spiro atoms. The molecule has 1 heterocycles. The second-order valence-electron chi connectivity index (χ2n) is 7.28. The number of nitrogens with zero attached hydrogens (tertiary/aromatic N) is 1. The number of rotatable bonds is 7. The molecular weight excluding hydrogens is 390 g/mol. The van der Waals surface area contributed by atoms with E-state index in [1.807, 2.05) is 13.8 Å². The lowest BCUT2D eigenvalue weighted by atomic mass is 9.97. The summed E-state index contributed by atoms with van der Waals surface area (Å²) in [6.07, 6.45) is 1.05. The zero-order chi connectivity index (χ0) is 22.1. The van der Waals surface area contributed by atoms with Gasteiger partial charge in [-0.05, 0) is 45.7 Å². The molecule has 1 aliphatic rings. The van der Waals surface area contributed by atoms with Crippen LogP contribution in [0.2, 0.25) is 0 Å². The zero-order valence-electron chi connectivity index (χ0n) is 17.6. The van der Waals surface area contributed by atoms with Crippen molar-refractivity contribution in [3.05, 3.63) is 29.8 Å². The average molecular weight is 419 g/mol. The van der Waals surface area contributed by atoms with E-state index in [9.17, 15) is 19.2 Å². The summed E-state index contributed by atoms with van der Waals surface area (Å²) in [5, 5.41) is 5.28. The van der Waals surface area contributed by atoms with Crippen molar-refractivity contribution in [2.45, 2.75) is 39.7 Å². The van der Waals surface area contributed by atoms with Gasteiger partial charge in [0.15, 0.2) is 6.61 Å². The highest BCUT2D eigenvalue weighted by molar-refractivity contribution is 6.01. The SMILES string of the molecule is CCOC(=O)C1CCN(C(=O)COC(=O)c2ccccc2NC(=O)NC(C)C)CC1. The Hall–Kier alpha value is -3.10. The molecule has 0 saturated carbocycles. The second-order valence-corrected chi connectivity index (χ2v) is 7.28. The van der Waals surface area contributed by atoms with Crippen molar-refractivity contribution < 1.29 is 28.7 Å². The van der Waals surface area contributed by atoms with Gasteiger partial charge in [0.2, 0.25) is 0 Å². The molecule has 2 N–H and O–H groups in total. The van der Waals surface area contributed by atoms with Crippen molar-refractivity contribution in [3.8, 4) is 0 Å². The van der Waals surface area contributed by atoms with Gasteiger partial charge in [0, 0.05) is 19.1 Å². The molecule has 1 aromatic rings. The van der Waals surface area contributed by atoms with E-state index in [4.69, 9.17) is 9.47 Å². The number of piperidine rings is 1. The molecule has 1 aromatic carbocycles. The summed E-state index contributed by atoms with van der Waals surface area (Å²) in [7, 11) is 0. The number of hydrogen-bond donors (Lipinski definition) is 2. The van der Waals surface area contributed by atoms with Gasteiger partial charge in [0.25, 0.3) is 5.91 Å². The van der Waals surface area contributed by atoms with Crippen LogP contribution >= 0.6 is 0 Å². The van der Waals surface area contributed by atoms with Gasteiger partial charge in [-0.15, -0.1) is 0 Å². The van der Waals surface area contributed by atoms with E-state index in [2.05, 4.69) is 10.6 Å². The van der Waals surface area contributed by atoms with Gasteiger partial charge in [0.05, 0.1) is 23.8 Å². The van der Waals surface area contributed by atoms with Crippen LogP contribution in [-0.2, 0) is 19.1 Å². The van der Waals surface area contributed by atoms with Crippen LogP contribution in [0, 0.1) is 5.92 Å². The molecule has 9 nitrogen and oxygen atoms in total. The smallest absolute Gasteiger partial charge is 0.340 e. The van der Waals surface area contributed by atoms with Crippen molar-refractivity contribution in [2.24, 2.45) is 5.92 Å². The number of carbonyl (C=O) groups excluding carboxylic acids is 4. The minimum Gasteiger partial charge on any atom is -0.466 e. The minimum atomic E-state index is -0.704. The Bertz CT molecular complexity index is 772. The molecule has 2 rings (SSSR count). The van der Waals surface area contributed by atoms with E-state index in [1.165, 1.54) is 6.07 Å². The van der Waals surface area contributed by atoms with Crippen LogP contribution in [0.5, 0.6) is 0 Å². The molecule has 164 valence electrons. The molecule has 0 aliphatic carbocycles. The summed E-state index contributed by atoms with van der Waals surface area (Å²) in [5.41, 5.74) is 0.452. The summed E-state index contributed by atoms with van der Waals surface area (Å²) in [6.45, 7) is 6.15. The van der Waals surface area contributed by atoms with Crippen LogP contribution < -0.4 is 10.6 Å². The fourth-order valence-electron chi connectivity index (χ4n) is 3.11. The Balaban J connectivity index is 1.87. The lowest BCUT2D eigenvalue weighted by molar-refractivity contribution is -0.151. The predicted octanol–water partition coefficient (Wildman–Crippen LogP) is 2.17. The van der Waals surface area contributed by atoms with E-state index in [-0.39, 0.29) is 29.4 Å². The molecule has 1 aliphatic heterocycles. The molecule has 0 aromatic heterocycles. The first-order valence-corrected chi connectivity index (χ1v) is 10.1. The van der Waals surface area contributed by atoms with Crippen molar-refractivity contribution in [1.82, 2.24) is 10.2 Å². The molecular formula is C21H29N3O6. The summed E-state index contributed by atoms with van der Waals surface area (Å²) < 4.78 is 10.2. The number of carbonyl (C=O) groups is 4. The van der Waals surface area contributed by atoms with Crippen LogP contribution in [0.1, 0.15) is 44.0 Å². The zero-order valence-corrected chi connectivity index (χ0v) is 17.6. The van der Waals surface area contributed by atoms with E-state index in [1.54, 1.807) is 30.0 Å². The highest BCUT2D eigenvalue weighted by Crippen LogP contribution is 2.19. The van der Waals surface area contributed by atoms with E-state index in [0.717, 1.165) is 0 Å². The summed E-state index contributed by atoms with van der Waals surface area (Å²) >= 11 is 0. The Kier molecular flexibility index (Phi) is 8.64. The standard InChI is InChI=1S/C21H29N3O6/c1-4-29-19(26)15-9-11-24(12-10-15)18(25)13-30-20(27)16-7-5-6-8-17(16)23-21(28)22-14(2)3/h5-8,14-15H,4,9-13H2,1-3H3,(H2,22,23,28). The van der Waals surface area contributed by atoms with Crippen molar-refractivity contribution in [1.29, 1.82) is 0 Å². The lowest BCUT2D eigenvalue weighted by Crippen LogP contribution is -2.42. The van der Waals surface area contributed by atoms with Gasteiger partial charge in [-0.3, -0.25) is 9.59 Å². The van der Waals surface area contributed by atoms with Crippen LogP contribution in [0.3, 0.4) is 0 Å². The Morgan fingerprint density at radius 2 is 1.77 bits per heavy atom. The van der Waals surface area contributed by atoms with Crippen molar-refractivity contribution in [3.63, 3.8) is 0 Å². The highest BCUT2D eigenvalue weighted by atomic mass is 16.5. The number of urea groups is 1. The van der Waals surface area contributed by atoms with Crippen molar-refractivity contribution in [2.75, 3.05) is 31.6 Å². The van der Waals surface area contributed by atoms with Crippen LogP contribution in [-0.4, -0.2) is 61.1 Å². The topological polar surface area (TPSA) is 114 Å². The Morgan fingerprint density at radius 1 is 1.10 bits per heavy atom. The van der Waals surface area contributed by atoms with Crippen LogP contribution in [0.25, 0.3) is 0 Å². The summed E-state index contributed by atoms with van der Waals surface area (Å²) in [5.74, 6) is -1.47. The molecule has 0 unspecified atom stereocenters. The number of anilines is 1. The predicted molar refractivity (Wildman–Crippen MR) is 110 cm³/mol. The van der Waals surface area contributed by atoms with Gasteiger partial charge in [-0.1, -0.05) is 12.1 Å². The Labute approximate surface area is 176 Å². The monoisotopic (exact) mass is 419 g/mol. The number of esters is 2. The van der Waals surface area contributed by atoms with Gasteiger partial charge in [-0.2, -0.15) is 0 Å². The van der Waals surface area contributed by atoms with Crippen LogP contribution in [0.15, 0.2) is 24.3 Å². The fourth-order valence-corrected chi connectivity index (χ4v) is 3.11. The lowest BCUT2D eigenvalue weighted by Gasteiger charge is -2.30. The van der Waals surface area contributed by atoms with Crippen molar-refractivity contribution >= 4 is 29.6 Å². The van der Waals surface area contributed by atoms with Gasteiger partial charge in [-0.25, -0.2) is 9.59 Å². The minimum absolute atomic E-state index is 0.0605. The third kappa shape index (κ3) is 6.75. The molecule has 0 atom stereocenters. The molecule has 0 bridgehead atoms. The third-order valence-corrected chi connectivity index (χ3v) is 4.61. The maximum atomic E-state index is 12.4. The fraction of sp³-hybridized carbons (Fsp3) is 0.524. The summed E-state index contributed by atoms with van der Waals surface area (Å²) in [4.78, 5) is 50.1. The first-order chi connectivity index (χ1) is 14.3. The first kappa shape index (κ1) is 23.2. The van der Waals surface area contributed by atoms with E-state index >= 15 is 0 Å². The largest absolute Gasteiger partial charge is 0.466 e. The number of ether oxygens (including phenoxy) is 2. The summed E-state index contributed by atoms with van der Waals surface area (Å²) in [6, 6.07) is 5.92. The average Bonchev–Trinajstić information content (AvgIpc) is 2.71. The van der Waals surface area contributed by atoms with E-state index in [0.29, 0.717) is 38.2 Å². The van der Waals surface area contributed by atoms with Crippen LogP contribution in [0.4, 0.5) is 10.5 Å². The Morgan fingerprint density at radius 3 is 2.40 bits per heavy atom. The normalized spacial score (nSPS) is 14.2. The quantitative estimate of drug-likeness (QED) is 0.655. The highest BCUT2D eigenvalue weighted by Gasteiger charge is 2.28. The van der Waals surface area contributed by atoms with Gasteiger partial charge in [0.1, 0.15) is 0 Å². The number of hydrogen-bond acceptors (Lipinski definition) is 6. The molecule has 30 heavy (non-hydrogen) atoms. The molecule has 1 saturated heterocycles. The number of benzene rings is 1. The number of nitrogens with one attached hydrogen (secondary N) is 2. The third-order valence-electron chi connectivity index (χ3n) is 4.61. The number of para-hydroxylation sites is 1. The number of amides is 3. The molecule has 0 radical (unpaired) electrons. The first-order valence-electron chi connectivity index (χ1n) is 10.1. The molecule has 1 fully saturated rings. The molecule has 9 heteroatoms. The van der Waals surface area contributed by atoms with Gasteiger partial charge < -0.3 is 25.0 Å². The number of likely N-dealkylation sites (tertiary alicyclic amines) is 1. The maximum absolute atomic E-state index is 12.4.